The average Bonchev–Trinajstić information content (AvgIpc) is 1.82. The predicted molar refractivity (Wildman–Crippen MR) is 38.0 cm³/mol. The van der Waals surface area contributed by atoms with E-state index in [1.807, 2.05) is 6.92 Å². The van der Waals surface area contributed by atoms with Crippen LogP contribution in [0.3, 0.4) is 0 Å². The molecule has 58 valence electrons. The third kappa shape index (κ3) is 5.44. The van der Waals surface area contributed by atoms with E-state index in [1.165, 1.54) is 0 Å². The molecule has 0 bridgehead atoms. The van der Waals surface area contributed by atoms with Crippen LogP contribution in [0.2, 0.25) is 0 Å². The summed E-state index contributed by atoms with van der Waals surface area (Å²) in [5.74, 6) is -1.29. The molecule has 0 aliphatic carbocycles. The van der Waals surface area contributed by atoms with E-state index in [9.17, 15) is 8.78 Å². The summed E-state index contributed by atoms with van der Waals surface area (Å²) in [6.45, 7) is 5.47. The zero-order valence-corrected chi connectivity index (χ0v) is 5.95. The first-order chi connectivity index (χ1) is 4.66. The second-order valence-electron chi connectivity index (χ2n) is 1.82. The summed E-state index contributed by atoms with van der Waals surface area (Å²) in [7, 11) is 0. The molecule has 0 saturated heterocycles. The van der Waals surface area contributed by atoms with Crippen LogP contribution in [0.4, 0.5) is 8.78 Å². The Hall–Kier alpha value is -0.700. The van der Waals surface area contributed by atoms with Gasteiger partial charge >= 0.3 is 0 Å². The van der Waals surface area contributed by atoms with Crippen LogP contribution in [0.1, 0.15) is 6.92 Å². The van der Waals surface area contributed by atoms with Gasteiger partial charge in [0.15, 0.2) is 0 Å². The fraction of sp³-hybridized carbons (Fsp3) is 0.429. The van der Waals surface area contributed by atoms with Gasteiger partial charge in [0.25, 0.3) is 0 Å². The molecule has 1 N–H and O–H groups in total. The fourth-order valence-electron chi connectivity index (χ4n) is 0.465. The first-order valence-corrected chi connectivity index (χ1v) is 3.08. The molecular formula is C7H11F2N. The molecule has 0 amide bonds. The number of likely N-dealkylation sites (N-methyl/N-ethyl adjacent to an activating group) is 1. The van der Waals surface area contributed by atoms with Crippen LogP contribution in [0, 0.1) is 0 Å². The normalized spacial score (nSPS) is 11.7. The number of allylic oxidation sites excluding steroid dienone is 2. The molecule has 3 heteroatoms. The van der Waals surface area contributed by atoms with Crippen molar-refractivity contribution in [3.8, 4) is 0 Å². The number of halogens is 2. The number of hydrogen-bond donors (Lipinski definition) is 1. The van der Waals surface area contributed by atoms with Crippen LogP contribution in [0.15, 0.2) is 24.3 Å². The van der Waals surface area contributed by atoms with Gasteiger partial charge in [-0.05, 0) is 6.54 Å². The van der Waals surface area contributed by atoms with Crippen molar-refractivity contribution in [3.63, 3.8) is 0 Å². The third-order valence-electron chi connectivity index (χ3n) is 0.857. The van der Waals surface area contributed by atoms with Crippen molar-refractivity contribution in [2.24, 2.45) is 0 Å². The van der Waals surface area contributed by atoms with Crippen molar-refractivity contribution in [3.05, 3.63) is 24.3 Å². The lowest BCUT2D eigenvalue weighted by molar-refractivity contribution is 0.567. The van der Waals surface area contributed by atoms with Gasteiger partial charge in [-0.15, -0.1) is 0 Å². The zero-order valence-electron chi connectivity index (χ0n) is 5.95. The van der Waals surface area contributed by atoms with Crippen LogP contribution in [-0.4, -0.2) is 13.1 Å². The molecule has 0 aromatic heterocycles. The Morgan fingerprint density at radius 1 is 1.60 bits per heavy atom. The summed E-state index contributed by atoms with van der Waals surface area (Å²) >= 11 is 0. The standard InChI is InChI=1S/C7H11F2N/c1-3-10-5-7(9)4-6(2)8/h4,10H,2-3,5H2,1H3. The summed E-state index contributed by atoms with van der Waals surface area (Å²) in [6, 6.07) is 0. The summed E-state index contributed by atoms with van der Waals surface area (Å²) in [5, 5.41) is 2.70. The Kier molecular flexibility index (Phi) is 4.76. The monoisotopic (exact) mass is 147 g/mol. The highest BCUT2D eigenvalue weighted by Crippen LogP contribution is 2.01. The molecular weight excluding hydrogens is 136 g/mol. The Morgan fingerprint density at radius 3 is 2.60 bits per heavy atom. The highest BCUT2D eigenvalue weighted by molar-refractivity contribution is 5.10. The first kappa shape index (κ1) is 9.30. The summed E-state index contributed by atoms with van der Waals surface area (Å²) in [5.41, 5.74) is 0. The summed E-state index contributed by atoms with van der Waals surface area (Å²) in [4.78, 5) is 0. The second kappa shape index (κ2) is 5.11. The SMILES string of the molecule is C=C(F)C=C(F)CNCC. The van der Waals surface area contributed by atoms with Crippen LogP contribution >= 0.6 is 0 Å². The van der Waals surface area contributed by atoms with E-state index in [2.05, 4.69) is 11.9 Å². The molecule has 1 nitrogen and oxygen atoms in total. The molecule has 0 rings (SSSR count). The number of nitrogens with one attached hydrogen (secondary N) is 1. The number of hydrogen-bond acceptors (Lipinski definition) is 1. The maximum atomic E-state index is 12.3. The van der Waals surface area contributed by atoms with Crippen molar-refractivity contribution in [2.75, 3.05) is 13.1 Å². The lowest BCUT2D eigenvalue weighted by Gasteiger charge is -1.95. The Labute approximate surface area is 59.4 Å². The average molecular weight is 147 g/mol. The lowest BCUT2D eigenvalue weighted by Crippen LogP contribution is -2.14. The van der Waals surface area contributed by atoms with Crippen molar-refractivity contribution in [1.29, 1.82) is 0 Å². The van der Waals surface area contributed by atoms with Crippen LogP contribution in [0.5, 0.6) is 0 Å². The summed E-state index contributed by atoms with van der Waals surface area (Å²) < 4.78 is 24.2. The molecule has 0 heterocycles. The van der Waals surface area contributed by atoms with E-state index in [0.29, 0.717) is 6.54 Å². The van der Waals surface area contributed by atoms with Crippen molar-refractivity contribution in [2.45, 2.75) is 6.92 Å². The Bertz CT molecular complexity index is 141. The molecule has 0 saturated carbocycles. The molecule has 0 unspecified atom stereocenters. The number of rotatable bonds is 4. The molecule has 0 aromatic carbocycles. The maximum Gasteiger partial charge on any atom is 0.118 e. The molecule has 0 radical (unpaired) electrons. The molecule has 10 heavy (non-hydrogen) atoms. The molecule has 0 spiro atoms. The van der Waals surface area contributed by atoms with Gasteiger partial charge in [-0.3, -0.25) is 0 Å². The van der Waals surface area contributed by atoms with E-state index in [1.54, 1.807) is 0 Å². The van der Waals surface area contributed by atoms with Gasteiger partial charge in [-0.2, -0.15) is 0 Å². The van der Waals surface area contributed by atoms with Gasteiger partial charge in [0.1, 0.15) is 11.7 Å². The highest BCUT2D eigenvalue weighted by atomic mass is 19.1. The maximum absolute atomic E-state index is 12.3. The van der Waals surface area contributed by atoms with Gasteiger partial charge in [-0.25, -0.2) is 8.78 Å². The molecule has 0 fully saturated rings. The summed E-state index contributed by atoms with van der Waals surface area (Å²) in [6.07, 6.45) is 0.767. The lowest BCUT2D eigenvalue weighted by atomic mass is 10.4. The van der Waals surface area contributed by atoms with Gasteiger partial charge in [0.05, 0.1) is 0 Å². The first-order valence-electron chi connectivity index (χ1n) is 3.08. The van der Waals surface area contributed by atoms with E-state index >= 15 is 0 Å². The predicted octanol–water partition coefficient (Wildman–Crippen LogP) is 1.93. The highest BCUT2D eigenvalue weighted by Gasteiger charge is 1.92. The van der Waals surface area contributed by atoms with E-state index in [0.717, 1.165) is 6.08 Å². The Balaban J connectivity index is 3.60. The van der Waals surface area contributed by atoms with E-state index in [4.69, 9.17) is 0 Å². The largest absolute Gasteiger partial charge is 0.311 e. The minimum absolute atomic E-state index is 0.0689. The van der Waals surface area contributed by atoms with Crippen LogP contribution < -0.4 is 5.32 Å². The zero-order chi connectivity index (χ0) is 7.98. The van der Waals surface area contributed by atoms with Gasteiger partial charge in [-0.1, -0.05) is 13.5 Å². The minimum Gasteiger partial charge on any atom is -0.311 e. The molecule has 0 aliphatic rings. The van der Waals surface area contributed by atoms with Crippen molar-refractivity contribution >= 4 is 0 Å². The van der Waals surface area contributed by atoms with Crippen molar-refractivity contribution in [1.82, 2.24) is 5.32 Å². The van der Waals surface area contributed by atoms with Crippen LogP contribution in [-0.2, 0) is 0 Å². The van der Waals surface area contributed by atoms with Gasteiger partial charge < -0.3 is 5.32 Å². The Morgan fingerprint density at radius 2 is 2.20 bits per heavy atom. The quantitative estimate of drug-likeness (QED) is 0.599. The van der Waals surface area contributed by atoms with E-state index < -0.39 is 11.7 Å². The smallest absolute Gasteiger partial charge is 0.118 e. The molecule has 0 aromatic rings. The third-order valence-corrected chi connectivity index (χ3v) is 0.857. The minimum atomic E-state index is -0.754. The van der Waals surface area contributed by atoms with E-state index in [-0.39, 0.29) is 6.54 Å². The molecule has 0 aliphatic heterocycles. The van der Waals surface area contributed by atoms with Gasteiger partial charge in [0.2, 0.25) is 0 Å². The second-order valence-corrected chi connectivity index (χ2v) is 1.82. The van der Waals surface area contributed by atoms with Gasteiger partial charge in [0, 0.05) is 12.6 Å². The fourth-order valence-corrected chi connectivity index (χ4v) is 0.465. The topological polar surface area (TPSA) is 12.0 Å². The molecule has 0 atom stereocenters. The van der Waals surface area contributed by atoms with Crippen molar-refractivity contribution < 1.29 is 8.78 Å². The van der Waals surface area contributed by atoms with Crippen LogP contribution in [0.25, 0.3) is 0 Å².